The van der Waals surface area contributed by atoms with Gasteiger partial charge in [-0.25, -0.2) is 0 Å². The van der Waals surface area contributed by atoms with E-state index in [1.807, 2.05) is 31.2 Å². The molecule has 1 saturated heterocycles. The Hall–Kier alpha value is -2.53. The van der Waals surface area contributed by atoms with Crippen molar-refractivity contribution in [1.29, 1.82) is 0 Å². The van der Waals surface area contributed by atoms with Crippen LogP contribution in [0.25, 0.3) is 0 Å². The molecule has 1 heterocycles. The summed E-state index contributed by atoms with van der Waals surface area (Å²) >= 11 is 6.00. The molecule has 1 fully saturated rings. The number of hydrogen-bond donors (Lipinski definition) is 1. The Bertz CT molecular complexity index is 820. The molecule has 26 heavy (non-hydrogen) atoms. The van der Waals surface area contributed by atoms with Gasteiger partial charge in [0, 0.05) is 24.5 Å². The third kappa shape index (κ3) is 4.17. The zero-order chi connectivity index (χ0) is 18.7. The Labute approximate surface area is 157 Å². The Balaban J connectivity index is 1.65. The van der Waals surface area contributed by atoms with Gasteiger partial charge in [-0.1, -0.05) is 41.4 Å². The highest BCUT2D eigenvalue weighted by Crippen LogP contribution is 2.29. The van der Waals surface area contributed by atoms with Gasteiger partial charge in [0.15, 0.2) is 0 Å². The van der Waals surface area contributed by atoms with Crippen molar-refractivity contribution in [2.24, 2.45) is 5.92 Å². The van der Waals surface area contributed by atoms with Gasteiger partial charge in [-0.3, -0.25) is 9.59 Å². The number of likely N-dealkylation sites (tertiary alicyclic amines) is 1. The van der Waals surface area contributed by atoms with E-state index in [9.17, 15) is 9.59 Å². The minimum Gasteiger partial charge on any atom is -0.495 e. The van der Waals surface area contributed by atoms with Crippen LogP contribution in [0.15, 0.2) is 42.5 Å². The normalized spacial score (nSPS) is 16.7. The fourth-order valence-corrected chi connectivity index (χ4v) is 3.20. The van der Waals surface area contributed by atoms with Crippen LogP contribution < -0.4 is 10.1 Å². The average Bonchev–Trinajstić information content (AvgIpc) is 2.98. The third-order valence-corrected chi connectivity index (χ3v) is 4.73. The van der Waals surface area contributed by atoms with Crippen molar-refractivity contribution in [1.82, 2.24) is 4.90 Å². The summed E-state index contributed by atoms with van der Waals surface area (Å²) < 4.78 is 5.24. The van der Waals surface area contributed by atoms with Gasteiger partial charge in [-0.15, -0.1) is 0 Å². The van der Waals surface area contributed by atoms with Crippen LogP contribution in [0.5, 0.6) is 5.75 Å². The van der Waals surface area contributed by atoms with Crippen molar-refractivity contribution in [3.05, 3.63) is 58.6 Å². The molecule has 1 aliphatic rings. The van der Waals surface area contributed by atoms with E-state index in [4.69, 9.17) is 16.3 Å². The number of nitrogens with one attached hydrogen (secondary N) is 1. The van der Waals surface area contributed by atoms with Gasteiger partial charge >= 0.3 is 0 Å². The second-order valence-electron chi connectivity index (χ2n) is 6.49. The number of methoxy groups -OCH3 is 1. The van der Waals surface area contributed by atoms with E-state index in [0.717, 1.165) is 5.56 Å². The number of hydrogen-bond acceptors (Lipinski definition) is 3. The summed E-state index contributed by atoms with van der Waals surface area (Å²) in [6.07, 6.45) is 0.209. The monoisotopic (exact) mass is 372 g/mol. The molecule has 0 spiro atoms. The fourth-order valence-electron chi connectivity index (χ4n) is 3.03. The molecular formula is C20H21ClN2O3. The van der Waals surface area contributed by atoms with Crippen LogP contribution >= 0.6 is 11.6 Å². The number of aryl methyl sites for hydroxylation is 1. The van der Waals surface area contributed by atoms with Crippen LogP contribution in [0.1, 0.15) is 17.5 Å². The summed E-state index contributed by atoms with van der Waals surface area (Å²) in [6.45, 7) is 2.94. The van der Waals surface area contributed by atoms with E-state index in [1.165, 1.54) is 12.7 Å². The number of anilines is 1. The van der Waals surface area contributed by atoms with Crippen molar-refractivity contribution >= 4 is 29.1 Å². The number of benzene rings is 2. The Kier molecular flexibility index (Phi) is 5.47. The minimum atomic E-state index is -0.392. The molecule has 0 bridgehead atoms. The first-order valence-electron chi connectivity index (χ1n) is 8.44. The van der Waals surface area contributed by atoms with E-state index >= 15 is 0 Å². The average molecular weight is 373 g/mol. The molecule has 0 aliphatic carbocycles. The molecule has 0 saturated carbocycles. The molecule has 2 amide bonds. The Morgan fingerprint density at radius 1 is 1.27 bits per heavy atom. The van der Waals surface area contributed by atoms with E-state index in [0.29, 0.717) is 29.5 Å². The second kappa shape index (κ2) is 7.79. The maximum atomic E-state index is 12.6. The van der Waals surface area contributed by atoms with E-state index in [2.05, 4.69) is 5.32 Å². The third-order valence-electron chi connectivity index (χ3n) is 4.50. The number of ether oxygens (including phenoxy) is 1. The van der Waals surface area contributed by atoms with E-state index in [1.54, 1.807) is 23.1 Å². The Morgan fingerprint density at radius 2 is 2.00 bits per heavy atom. The quantitative estimate of drug-likeness (QED) is 0.871. The summed E-state index contributed by atoms with van der Waals surface area (Å²) in [5, 5.41) is 3.33. The van der Waals surface area contributed by atoms with E-state index in [-0.39, 0.29) is 18.2 Å². The standard InChI is InChI=1S/C20H21ClN2O3/c1-13-3-5-14(6-4-13)11-23-12-15(9-19(23)24)20(25)22-17-10-16(21)7-8-18(17)26-2/h3-8,10,15H,9,11-12H2,1-2H3,(H,22,25). The highest BCUT2D eigenvalue weighted by atomic mass is 35.5. The molecule has 1 atom stereocenters. The first kappa shape index (κ1) is 18.3. The second-order valence-corrected chi connectivity index (χ2v) is 6.93. The lowest BCUT2D eigenvalue weighted by Gasteiger charge is -2.17. The minimum absolute atomic E-state index is 0.0104. The molecule has 6 heteroatoms. The molecular weight excluding hydrogens is 352 g/mol. The Morgan fingerprint density at radius 3 is 2.69 bits per heavy atom. The highest BCUT2D eigenvalue weighted by molar-refractivity contribution is 6.31. The molecule has 0 radical (unpaired) electrons. The molecule has 0 aromatic heterocycles. The molecule has 2 aromatic carbocycles. The summed E-state index contributed by atoms with van der Waals surface area (Å²) in [4.78, 5) is 26.6. The number of amides is 2. The predicted molar refractivity (Wildman–Crippen MR) is 101 cm³/mol. The summed E-state index contributed by atoms with van der Waals surface area (Å²) in [7, 11) is 1.53. The lowest BCUT2D eigenvalue weighted by molar-refractivity contribution is -0.128. The summed E-state index contributed by atoms with van der Waals surface area (Å²) in [5.74, 6) is -0.0747. The largest absolute Gasteiger partial charge is 0.495 e. The van der Waals surface area contributed by atoms with Crippen LogP contribution in [-0.2, 0) is 16.1 Å². The molecule has 2 aromatic rings. The topological polar surface area (TPSA) is 58.6 Å². The van der Waals surface area contributed by atoms with Crippen molar-refractivity contribution in [2.45, 2.75) is 19.9 Å². The number of carbonyl (C=O) groups is 2. The van der Waals surface area contributed by atoms with Crippen LogP contribution in [0.3, 0.4) is 0 Å². The van der Waals surface area contributed by atoms with Gasteiger partial charge in [0.05, 0.1) is 18.7 Å². The molecule has 1 aliphatic heterocycles. The van der Waals surface area contributed by atoms with Gasteiger partial charge in [-0.05, 0) is 30.7 Å². The van der Waals surface area contributed by atoms with Gasteiger partial charge in [0.25, 0.3) is 0 Å². The van der Waals surface area contributed by atoms with Crippen molar-refractivity contribution in [3.8, 4) is 5.75 Å². The maximum absolute atomic E-state index is 12.6. The van der Waals surface area contributed by atoms with Crippen molar-refractivity contribution < 1.29 is 14.3 Å². The summed E-state index contributed by atoms with van der Waals surface area (Å²) in [5.41, 5.74) is 2.74. The van der Waals surface area contributed by atoms with Gasteiger partial charge in [0.1, 0.15) is 5.75 Å². The SMILES string of the molecule is COc1ccc(Cl)cc1NC(=O)C1CC(=O)N(Cc2ccc(C)cc2)C1. The lowest BCUT2D eigenvalue weighted by atomic mass is 10.1. The van der Waals surface area contributed by atoms with Crippen molar-refractivity contribution in [3.63, 3.8) is 0 Å². The smallest absolute Gasteiger partial charge is 0.229 e. The first-order chi connectivity index (χ1) is 12.5. The molecule has 1 unspecified atom stereocenters. The maximum Gasteiger partial charge on any atom is 0.229 e. The molecule has 136 valence electrons. The predicted octanol–water partition coefficient (Wildman–Crippen LogP) is 3.64. The van der Waals surface area contributed by atoms with Crippen LogP contribution in [-0.4, -0.2) is 30.4 Å². The molecule has 5 nitrogen and oxygen atoms in total. The zero-order valence-electron chi connectivity index (χ0n) is 14.8. The van der Waals surface area contributed by atoms with Gasteiger partial charge in [0.2, 0.25) is 11.8 Å². The van der Waals surface area contributed by atoms with Crippen LogP contribution in [0.2, 0.25) is 5.02 Å². The number of carbonyl (C=O) groups excluding carboxylic acids is 2. The van der Waals surface area contributed by atoms with E-state index < -0.39 is 5.92 Å². The number of rotatable bonds is 5. The summed E-state index contributed by atoms with van der Waals surface area (Å²) in [6, 6.07) is 13.1. The highest BCUT2D eigenvalue weighted by Gasteiger charge is 2.34. The van der Waals surface area contributed by atoms with Gasteiger partial charge < -0.3 is 15.0 Å². The first-order valence-corrected chi connectivity index (χ1v) is 8.82. The van der Waals surface area contributed by atoms with Gasteiger partial charge in [-0.2, -0.15) is 0 Å². The van der Waals surface area contributed by atoms with Crippen LogP contribution in [0.4, 0.5) is 5.69 Å². The molecule has 3 rings (SSSR count). The van der Waals surface area contributed by atoms with Crippen molar-refractivity contribution in [2.75, 3.05) is 19.0 Å². The number of halogens is 1. The van der Waals surface area contributed by atoms with Crippen LogP contribution in [0, 0.1) is 12.8 Å². The number of nitrogens with zero attached hydrogens (tertiary/aromatic N) is 1. The fraction of sp³-hybridized carbons (Fsp3) is 0.300. The lowest BCUT2D eigenvalue weighted by Crippen LogP contribution is -2.28. The molecule has 1 N–H and O–H groups in total. The zero-order valence-corrected chi connectivity index (χ0v) is 15.5.